The largest absolute Gasteiger partial charge is 0.484 e. The number of carbonyl (C=O) groups excluding carboxylic acids is 3. The molecule has 0 radical (unpaired) electrons. The fraction of sp³-hybridized carbons (Fsp3) is 0.471. The Bertz CT molecular complexity index is 554. The molecule has 0 saturated carbocycles. The van der Waals surface area contributed by atoms with Gasteiger partial charge in [0.25, 0.3) is 5.91 Å². The van der Waals surface area contributed by atoms with Gasteiger partial charge in [0, 0.05) is 12.0 Å². The Hall–Kier alpha value is -2.37. The van der Waals surface area contributed by atoms with E-state index in [0.29, 0.717) is 17.7 Å². The average Bonchev–Trinajstić information content (AvgIpc) is 2.56. The topological polar surface area (TPSA) is 98.5 Å². The van der Waals surface area contributed by atoms with Crippen molar-refractivity contribution in [3.8, 4) is 5.75 Å². The number of rotatable bonds is 9. The summed E-state index contributed by atoms with van der Waals surface area (Å²) in [6.07, 6.45) is 1.16. The minimum atomic E-state index is -0.708. The molecule has 2 atom stereocenters. The van der Waals surface area contributed by atoms with Crippen LogP contribution in [-0.2, 0) is 9.59 Å². The second kappa shape index (κ2) is 8.92. The van der Waals surface area contributed by atoms with Gasteiger partial charge in [0.2, 0.25) is 5.91 Å². The predicted molar refractivity (Wildman–Crippen MR) is 87.1 cm³/mol. The molecule has 0 spiro atoms. The molecule has 1 aromatic carbocycles. The van der Waals surface area contributed by atoms with Gasteiger partial charge in [0.15, 0.2) is 12.4 Å². The van der Waals surface area contributed by atoms with E-state index >= 15 is 0 Å². The number of hydrogen-bond donors (Lipinski definition) is 2. The molecular weight excluding hydrogens is 296 g/mol. The number of hydrogen-bond acceptors (Lipinski definition) is 4. The number of ether oxygens (including phenoxy) is 1. The Labute approximate surface area is 136 Å². The summed E-state index contributed by atoms with van der Waals surface area (Å²) in [6, 6.07) is 5.88. The molecule has 0 heterocycles. The number of amides is 2. The lowest BCUT2D eigenvalue weighted by Crippen LogP contribution is -2.49. The van der Waals surface area contributed by atoms with Crippen molar-refractivity contribution >= 4 is 17.6 Å². The van der Waals surface area contributed by atoms with E-state index < -0.39 is 17.9 Å². The van der Waals surface area contributed by atoms with Crippen molar-refractivity contribution in [3.05, 3.63) is 29.8 Å². The van der Waals surface area contributed by atoms with Crippen molar-refractivity contribution in [1.29, 1.82) is 0 Å². The van der Waals surface area contributed by atoms with Crippen molar-refractivity contribution in [2.24, 2.45) is 11.7 Å². The number of benzene rings is 1. The van der Waals surface area contributed by atoms with Crippen LogP contribution < -0.4 is 15.8 Å². The standard InChI is InChI=1S/C17H24N2O4/c1-4-11(3)16(17(18)22)19-15(21)10-23-13-8-6-12(7-9-13)14(20)5-2/h6-9,11,16H,4-5,10H2,1-3H3,(H2,18,22)(H,19,21). The molecule has 0 bridgehead atoms. The van der Waals surface area contributed by atoms with Crippen LogP contribution in [0.15, 0.2) is 24.3 Å². The number of Topliss-reactive ketones (excluding diaryl/α,β-unsaturated/α-hetero) is 1. The fourth-order valence-corrected chi connectivity index (χ4v) is 2.03. The molecule has 3 N–H and O–H groups in total. The van der Waals surface area contributed by atoms with Gasteiger partial charge >= 0.3 is 0 Å². The molecule has 0 aliphatic carbocycles. The zero-order valence-electron chi connectivity index (χ0n) is 13.8. The lowest BCUT2D eigenvalue weighted by molar-refractivity contribution is -0.129. The summed E-state index contributed by atoms with van der Waals surface area (Å²) < 4.78 is 5.35. The molecule has 23 heavy (non-hydrogen) atoms. The van der Waals surface area contributed by atoms with Gasteiger partial charge in [-0.25, -0.2) is 0 Å². The molecular formula is C17H24N2O4. The van der Waals surface area contributed by atoms with Gasteiger partial charge in [-0.15, -0.1) is 0 Å². The molecule has 2 amide bonds. The average molecular weight is 320 g/mol. The van der Waals surface area contributed by atoms with Crippen LogP contribution in [0.4, 0.5) is 0 Å². The minimum Gasteiger partial charge on any atom is -0.484 e. The maximum atomic E-state index is 11.9. The molecule has 0 aliphatic rings. The van der Waals surface area contributed by atoms with Crippen LogP contribution in [0.3, 0.4) is 0 Å². The van der Waals surface area contributed by atoms with Crippen LogP contribution >= 0.6 is 0 Å². The maximum Gasteiger partial charge on any atom is 0.258 e. The maximum absolute atomic E-state index is 11.9. The van der Waals surface area contributed by atoms with E-state index in [0.717, 1.165) is 6.42 Å². The summed E-state index contributed by atoms with van der Waals surface area (Å²) in [7, 11) is 0. The monoisotopic (exact) mass is 320 g/mol. The summed E-state index contributed by atoms with van der Waals surface area (Å²) in [5, 5.41) is 2.58. The van der Waals surface area contributed by atoms with Gasteiger partial charge in [-0.1, -0.05) is 27.2 Å². The first-order chi connectivity index (χ1) is 10.9. The predicted octanol–water partition coefficient (Wildman–Crippen LogP) is 1.67. The van der Waals surface area contributed by atoms with Crippen molar-refractivity contribution < 1.29 is 19.1 Å². The number of nitrogens with one attached hydrogen (secondary N) is 1. The molecule has 2 unspecified atom stereocenters. The second-order valence-electron chi connectivity index (χ2n) is 5.42. The van der Waals surface area contributed by atoms with Crippen molar-refractivity contribution in [2.75, 3.05) is 6.61 Å². The Kier molecular flexibility index (Phi) is 7.25. The lowest BCUT2D eigenvalue weighted by Gasteiger charge is -2.21. The normalized spacial score (nSPS) is 13.0. The third-order valence-corrected chi connectivity index (χ3v) is 3.70. The van der Waals surface area contributed by atoms with Gasteiger partial charge < -0.3 is 15.8 Å². The SMILES string of the molecule is CCC(=O)c1ccc(OCC(=O)NC(C(N)=O)C(C)CC)cc1. The molecule has 0 aromatic heterocycles. The van der Waals surface area contributed by atoms with Crippen molar-refractivity contribution in [2.45, 2.75) is 39.7 Å². The highest BCUT2D eigenvalue weighted by Gasteiger charge is 2.23. The third kappa shape index (κ3) is 5.73. The highest BCUT2D eigenvalue weighted by Crippen LogP contribution is 2.13. The van der Waals surface area contributed by atoms with Crippen LogP contribution in [0.2, 0.25) is 0 Å². The quantitative estimate of drug-likeness (QED) is 0.676. The van der Waals surface area contributed by atoms with Gasteiger partial charge in [0.05, 0.1) is 0 Å². The summed E-state index contributed by atoms with van der Waals surface area (Å²) >= 11 is 0. The van der Waals surface area contributed by atoms with E-state index in [1.54, 1.807) is 31.2 Å². The molecule has 1 aromatic rings. The fourth-order valence-electron chi connectivity index (χ4n) is 2.03. The van der Waals surface area contributed by atoms with Crippen LogP contribution in [0.5, 0.6) is 5.75 Å². The number of nitrogens with two attached hydrogens (primary N) is 1. The zero-order chi connectivity index (χ0) is 17.4. The van der Waals surface area contributed by atoms with E-state index in [1.807, 2.05) is 13.8 Å². The number of ketones is 1. The molecule has 6 nitrogen and oxygen atoms in total. The first-order valence-electron chi connectivity index (χ1n) is 7.73. The third-order valence-electron chi connectivity index (χ3n) is 3.70. The minimum absolute atomic E-state index is 0.0456. The first-order valence-corrected chi connectivity index (χ1v) is 7.73. The Morgan fingerprint density at radius 1 is 1.17 bits per heavy atom. The van der Waals surface area contributed by atoms with Crippen LogP contribution in [0.1, 0.15) is 44.0 Å². The molecule has 0 fully saturated rings. The van der Waals surface area contributed by atoms with E-state index in [2.05, 4.69) is 5.32 Å². The molecule has 0 saturated heterocycles. The smallest absolute Gasteiger partial charge is 0.258 e. The second-order valence-corrected chi connectivity index (χ2v) is 5.42. The molecule has 6 heteroatoms. The Morgan fingerprint density at radius 3 is 2.26 bits per heavy atom. The van der Waals surface area contributed by atoms with Crippen molar-refractivity contribution in [1.82, 2.24) is 5.32 Å². The molecule has 0 aliphatic heterocycles. The van der Waals surface area contributed by atoms with Crippen LogP contribution in [0.25, 0.3) is 0 Å². The zero-order valence-corrected chi connectivity index (χ0v) is 13.8. The highest BCUT2D eigenvalue weighted by molar-refractivity contribution is 5.95. The number of carbonyl (C=O) groups is 3. The van der Waals surface area contributed by atoms with Gasteiger partial charge in [-0.2, -0.15) is 0 Å². The summed E-state index contributed by atoms with van der Waals surface area (Å²) in [4.78, 5) is 34.8. The molecule has 126 valence electrons. The Balaban J connectivity index is 2.55. The van der Waals surface area contributed by atoms with E-state index in [4.69, 9.17) is 10.5 Å². The highest BCUT2D eigenvalue weighted by atomic mass is 16.5. The van der Waals surface area contributed by atoms with Crippen LogP contribution in [0, 0.1) is 5.92 Å². The number of primary amides is 1. The van der Waals surface area contributed by atoms with E-state index in [1.165, 1.54) is 0 Å². The summed E-state index contributed by atoms with van der Waals surface area (Å²) in [5.74, 6) is -0.493. The van der Waals surface area contributed by atoms with Crippen molar-refractivity contribution in [3.63, 3.8) is 0 Å². The summed E-state index contributed by atoms with van der Waals surface area (Å²) in [6.45, 7) is 5.34. The van der Waals surface area contributed by atoms with Gasteiger partial charge in [-0.3, -0.25) is 14.4 Å². The van der Waals surface area contributed by atoms with Gasteiger partial charge in [-0.05, 0) is 30.2 Å². The Morgan fingerprint density at radius 2 is 1.78 bits per heavy atom. The van der Waals surface area contributed by atoms with E-state index in [-0.39, 0.29) is 18.3 Å². The van der Waals surface area contributed by atoms with Gasteiger partial charge in [0.1, 0.15) is 11.8 Å². The summed E-state index contributed by atoms with van der Waals surface area (Å²) in [5.41, 5.74) is 5.91. The van der Waals surface area contributed by atoms with E-state index in [9.17, 15) is 14.4 Å². The lowest BCUT2D eigenvalue weighted by atomic mass is 9.99. The van der Waals surface area contributed by atoms with Crippen LogP contribution in [-0.4, -0.2) is 30.2 Å². The molecule has 1 rings (SSSR count). The first kappa shape index (κ1) is 18.7.